The van der Waals surface area contributed by atoms with Gasteiger partial charge in [0.25, 0.3) is 0 Å². The highest BCUT2D eigenvalue weighted by Gasteiger charge is 2.31. The molecule has 0 radical (unpaired) electrons. The van der Waals surface area contributed by atoms with Crippen LogP contribution < -0.4 is 5.32 Å². The Hall–Kier alpha value is -2.18. The fourth-order valence-electron chi connectivity index (χ4n) is 4.07. The average Bonchev–Trinajstić information content (AvgIpc) is 2.75. The standard InChI is InChI=1S/C25H34N2O3S/c1-5-24(23-11-8-19(3)20(4)16-23)26-25(28)22-12-14-27(15-13-22)31(29,30)17-21-9-6-18(2)7-10-21/h6-11,16,22,24H,5,12-15,17H2,1-4H3,(H,26,28). The first-order valence-corrected chi connectivity index (χ1v) is 12.7. The summed E-state index contributed by atoms with van der Waals surface area (Å²) >= 11 is 0. The second-order valence-corrected chi connectivity index (χ2v) is 10.7. The minimum absolute atomic E-state index is 0.00876. The molecule has 168 valence electrons. The van der Waals surface area contributed by atoms with Crippen LogP contribution in [0.2, 0.25) is 0 Å². The predicted molar refractivity (Wildman–Crippen MR) is 125 cm³/mol. The van der Waals surface area contributed by atoms with Gasteiger partial charge in [0.05, 0.1) is 11.8 Å². The van der Waals surface area contributed by atoms with Crippen LogP contribution in [-0.4, -0.2) is 31.7 Å². The summed E-state index contributed by atoms with van der Waals surface area (Å²) in [5, 5.41) is 3.19. The Balaban J connectivity index is 1.57. The molecule has 1 aliphatic heterocycles. The van der Waals surface area contributed by atoms with Crippen LogP contribution in [-0.2, 0) is 20.6 Å². The number of rotatable bonds is 7. The van der Waals surface area contributed by atoms with Crippen LogP contribution in [0.3, 0.4) is 0 Å². The Labute approximate surface area is 186 Å². The third-order valence-corrected chi connectivity index (χ3v) is 8.20. The zero-order chi connectivity index (χ0) is 22.6. The maximum absolute atomic E-state index is 12.9. The number of carbonyl (C=O) groups is 1. The van der Waals surface area contributed by atoms with Crippen molar-refractivity contribution in [1.82, 2.24) is 9.62 Å². The van der Waals surface area contributed by atoms with E-state index >= 15 is 0 Å². The molecule has 2 aromatic rings. The molecule has 1 fully saturated rings. The van der Waals surface area contributed by atoms with Gasteiger partial charge in [-0.3, -0.25) is 4.79 Å². The van der Waals surface area contributed by atoms with Crippen LogP contribution in [0.4, 0.5) is 0 Å². The molecule has 31 heavy (non-hydrogen) atoms. The van der Waals surface area contributed by atoms with Crippen molar-refractivity contribution in [2.45, 2.75) is 58.8 Å². The van der Waals surface area contributed by atoms with Gasteiger partial charge in [-0.1, -0.05) is 55.0 Å². The molecule has 1 saturated heterocycles. The molecular weight excluding hydrogens is 408 g/mol. The van der Waals surface area contributed by atoms with E-state index in [0.717, 1.165) is 23.1 Å². The van der Waals surface area contributed by atoms with Crippen LogP contribution in [0.15, 0.2) is 42.5 Å². The Morgan fingerprint density at radius 3 is 2.26 bits per heavy atom. The van der Waals surface area contributed by atoms with Crippen molar-refractivity contribution >= 4 is 15.9 Å². The van der Waals surface area contributed by atoms with Gasteiger partial charge in [0.15, 0.2) is 0 Å². The topological polar surface area (TPSA) is 66.5 Å². The van der Waals surface area contributed by atoms with E-state index in [0.29, 0.717) is 25.9 Å². The van der Waals surface area contributed by atoms with Crippen molar-refractivity contribution in [3.8, 4) is 0 Å². The van der Waals surface area contributed by atoms with E-state index in [1.807, 2.05) is 31.2 Å². The number of benzene rings is 2. The van der Waals surface area contributed by atoms with Crippen molar-refractivity contribution in [2.24, 2.45) is 5.92 Å². The third kappa shape index (κ3) is 5.95. The molecule has 1 heterocycles. The van der Waals surface area contributed by atoms with Crippen molar-refractivity contribution in [3.63, 3.8) is 0 Å². The summed E-state index contributed by atoms with van der Waals surface area (Å²) in [4.78, 5) is 12.9. The molecule has 0 saturated carbocycles. The minimum Gasteiger partial charge on any atom is -0.349 e. The summed E-state index contributed by atoms with van der Waals surface area (Å²) in [6.07, 6.45) is 1.93. The average molecular weight is 443 g/mol. The lowest BCUT2D eigenvalue weighted by molar-refractivity contribution is -0.126. The first kappa shape index (κ1) is 23.5. The number of hydrogen-bond acceptors (Lipinski definition) is 3. The van der Waals surface area contributed by atoms with Crippen LogP contribution in [0.1, 0.15) is 60.0 Å². The number of nitrogens with one attached hydrogen (secondary N) is 1. The van der Waals surface area contributed by atoms with Crippen molar-refractivity contribution in [3.05, 3.63) is 70.3 Å². The highest BCUT2D eigenvalue weighted by molar-refractivity contribution is 7.88. The maximum atomic E-state index is 12.9. The van der Waals surface area contributed by atoms with Gasteiger partial charge in [-0.25, -0.2) is 12.7 Å². The third-order valence-electron chi connectivity index (χ3n) is 6.35. The zero-order valence-corrected chi connectivity index (χ0v) is 19.8. The predicted octanol–water partition coefficient (Wildman–Crippen LogP) is 4.42. The lowest BCUT2D eigenvalue weighted by Crippen LogP contribution is -2.44. The van der Waals surface area contributed by atoms with E-state index in [2.05, 4.69) is 44.3 Å². The van der Waals surface area contributed by atoms with E-state index in [1.54, 1.807) is 0 Å². The zero-order valence-electron chi connectivity index (χ0n) is 19.0. The molecular formula is C25H34N2O3S. The fraction of sp³-hybridized carbons (Fsp3) is 0.480. The minimum atomic E-state index is -3.38. The Kier molecular flexibility index (Phi) is 7.55. The molecule has 2 aromatic carbocycles. The molecule has 1 N–H and O–H groups in total. The van der Waals surface area contributed by atoms with Gasteiger partial charge in [-0.05, 0) is 62.3 Å². The number of aryl methyl sites for hydroxylation is 3. The molecule has 6 heteroatoms. The van der Waals surface area contributed by atoms with Gasteiger partial charge in [-0.2, -0.15) is 0 Å². The number of nitrogens with zero attached hydrogens (tertiary/aromatic N) is 1. The Morgan fingerprint density at radius 2 is 1.68 bits per heavy atom. The lowest BCUT2D eigenvalue weighted by atomic mass is 9.95. The maximum Gasteiger partial charge on any atom is 0.223 e. The van der Waals surface area contributed by atoms with E-state index in [1.165, 1.54) is 15.4 Å². The van der Waals surface area contributed by atoms with Gasteiger partial charge in [0, 0.05) is 19.0 Å². The van der Waals surface area contributed by atoms with Crippen LogP contribution in [0.5, 0.6) is 0 Å². The molecule has 0 bridgehead atoms. The lowest BCUT2D eigenvalue weighted by Gasteiger charge is -2.31. The van der Waals surface area contributed by atoms with E-state index < -0.39 is 10.0 Å². The first-order chi connectivity index (χ1) is 14.7. The van der Waals surface area contributed by atoms with Crippen LogP contribution in [0, 0.1) is 26.7 Å². The normalized spacial score (nSPS) is 16.8. The summed E-state index contributed by atoms with van der Waals surface area (Å²) in [6, 6.07) is 13.9. The monoisotopic (exact) mass is 442 g/mol. The van der Waals surface area contributed by atoms with E-state index in [-0.39, 0.29) is 23.6 Å². The van der Waals surface area contributed by atoms with Gasteiger partial charge < -0.3 is 5.32 Å². The first-order valence-electron chi connectivity index (χ1n) is 11.1. The molecule has 5 nitrogen and oxygen atoms in total. The second-order valence-electron chi connectivity index (χ2n) is 8.73. The van der Waals surface area contributed by atoms with Crippen molar-refractivity contribution in [1.29, 1.82) is 0 Å². The van der Waals surface area contributed by atoms with Gasteiger partial charge in [-0.15, -0.1) is 0 Å². The highest BCUT2D eigenvalue weighted by atomic mass is 32.2. The number of amides is 1. The summed E-state index contributed by atoms with van der Waals surface area (Å²) in [5.41, 5.74) is 5.49. The molecule has 0 aliphatic carbocycles. The second kappa shape index (κ2) is 9.96. The number of sulfonamides is 1. The molecule has 0 aromatic heterocycles. The quantitative estimate of drug-likeness (QED) is 0.690. The molecule has 0 spiro atoms. The summed E-state index contributed by atoms with van der Waals surface area (Å²) < 4.78 is 27.2. The SMILES string of the molecule is CCC(NC(=O)C1CCN(S(=O)(=O)Cc2ccc(C)cc2)CC1)c1ccc(C)c(C)c1. The molecule has 1 atom stereocenters. The number of hydrogen-bond donors (Lipinski definition) is 1. The number of piperidine rings is 1. The van der Waals surface area contributed by atoms with Crippen molar-refractivity contribution < 1.29 is 13.2 Å². The summed E-state index contributed by atoms with van der Waals surface area (Å²) in [6.45, 7) is 9.01. The van der Waals surface area contributed by atoms with Gasteiger partial charge in [0.1, 0.15) is 0 Å². The Bertz CT molecular complexity index is 1010. The van der Waals surface area contributed by atoms with Crippen molar-refractivity contribution in [2.75, 3.05) is 13.1 Å². The number of carbonyl (C=O) groups excluding carboxylic acids is 1. The molecule has 1 aliphatic rings. The molecule has 3 rings (SSSR count). The van der Waals surface area contributed by atoms with E-state index in [9.17, 15) is 13.2 Å². The van der Waals surface area contributed by atoms with Crippen LogP contribution >= 0.6 is 0 Å². The van der Waals surface area contributed by atoms with Gasteiger partial charge in [0.2, 0.25) is 15.9 Å². The Morgan fingerprint density at radius 1 is 1.03 bits per heavy atom. The molecule has 1 amide bonds. The van der Waals surface area contributed by atoms with Gasteiger partial charge >= 0.3 is 0 Å². The largest absolute Gasteiger partial charge is 0.349 e. The fourth-order valence-corrected chi connectivity index (χ4v) is 5.64. The summed E-state index contributed by atoms with van der Waals surface area (Å²) in [7, 11) is -3.38. The highest BCUT2D eigenvalue weighted by Crippen LogP contribution is 2.25. The van der Waals surface area contributed by atoms with E-state index in [4.69, 9.17) is 0 Å². The summed E-state index contributed by atoms with van der Waals surface area (Å²) in [5.74, 6) is -0.110. The molecule has 1 unspecified atom stereocenters. The van der Waals surface area contributed by atoms with Crippen LogP contribution in [0.25, 0.3) is 0 Å². The smallest absolute Gasteiger partial charge is 0.223 e.